The summed E-state index contributed by atoms with van der Waals surface area (Å²) < 4.78 is 29.0. The molecule has 0 radical (unpaired) electrons. The summed E-state index contributed by atoms with van der Waals surface area (Å²) in [4.78, 5) is 21.5. The van der Waals surface area contributed by atoms with Crippen molar-refractivity contribution >= 4 is 17.3 Å². The maximum Gasteiger partial charge on any atom is 0.387 e. The van der Waals surface area contributed by atoms with Gasteiger partial charge in [0.1, 0.15) is 5.75 Å². The van der Waals surface area contributed by atoms with Gasteiger partial charge in [-0.15, -0.1) is 0 Å². The molecule has 0 unspecified atom stereocenters. The summed E-state index contributed by atoms with van der Waals surface area (Å²) >= 11 is 0. The van der Waals surface area contributed by atoms with Crippen LogP contribution in [0.5, 0.6) is 5.75 Å². The molecule has 3 aromatic rings. The highest BCUT2D eigenvalue weighted by Crippen LogP contribution is 2.25. The van der Waals surface area contributed by atoms with Crippen LogP contribution in [0.25, 0.3) is 0 Å². The standard InChI is InChI=1S/C24H24F2N4O2/c25-24(26)32-20-9-7-19(8-10-20)28-22-6-2-1-5-21(22)23(31)30-14-12-29(13-15-30)17-18-4-3-11-27-16-18/h1-11,16,24,28H,12-15,17H2. The number of pyridine rings is 1. The van der Waals surface area contributed by atoms with Crippen LogP contribution in [0.4, 0.5) is 20.2 Å². The highest BCUT2D eigenvalue weighted by molar-refractivity contribution is 6.00. The van der Waals surface area contributed by atoms with Crippen molar-refractivity contribution in [2.24, 2.45) is 0 Å². The Morgan fingerprint density at radius 1 is 1.00 bits per heavy atom. The topological polar surface area (TPSA) is 57.7 Å². The Morgan fingerprint density at radius 2 is 1.75 bits per heavy atom. The van der Waals surface area contributed by atoms with Crippen molar-refractivity contribution in [1.82, 2.24) is 14.8 Å². The van der Waals surface area contributed by atoms with Gasteiger partial charge in [0.15, 0.2) is 0 Å². The SMILES string of the molecule is O=C(c1ccccc1Nc1ccc(OC(F)F)cc1)N1CCN(Cc2cccnc2)CC1. The molecule has 2 aromatic carbocycles. The van der Waals surface area contributed by atoms with Gasteiger partial charge in [-0.25, -0.2) is 0 Å². The minimum absolute atomic E-state index is 0.0354. The predicted octanol–water partition coefficient (Wildman–Crippen LogP) is 4.38. The van der Waals surface area contributed by atoms with E-state index in [2.05, 4.69) is 26.0 Å². The molecule has 2 heterocycles. The van der Waals surface area contributed by atoms with Gasteiger partial charge >= 0.3 is 6.61 Å². The number of anilines is 2. The van der Waals surface area contributed by atoms with E-state index in [1.54, 1.807) is 24.4 Å². The van der Waals surface area contributed by atoms with Crippen LogP contribution < -0.4 is 10.1 Å². The molecule has 0 saturated carbocycles. The second-order valence-electron chi connectivity index (χ2n) is 7.50. The average molecular weight is 438 g/mol. The van der Waals surface area contributed by atoms with Crippen LogP contribution in [-0.4, -0.2) is 53.5 Å². The molecule has 166 valence electrons. The molecule has 1 saturated heterocycles. The first-order valence-electron chi connectivity index (χ1n) is 10.4. The van der Waals surface area contributed by atoms with E-state index < -0.39 is 6.61 Å². The van der Waals surface area contributed by atoms with Crippen molar-refractivity contribution in [3.63, 3.8) is 0 Å². The number of nitrogens with one attached hydrogen (secondary N) is 1. The lowest BCUT2D eigenvalue weighted by Gasteiger charge is -2.35. The average Bonchev–Trinajstić information content (AvgIpc) is 2.81. The van der Waals surface area contributed by atoms with Gasteiger partial charge < -0.3 is 15.0 Å². The lowest BCUT2D eigenvalue weighted by atomic mass is 10.1. The zero-order valence-electron chi connectivity index (χ0n) is 17.5. The number of ether oxygens (including phenoxy) is 1. The molecular formula is C24H24F2N4O2. The smallest absolute Gasteiger partial charge is 0.387 e. The molecule has 0 bridgehead atoms. The third-order valence-electron chi connectivity index (χ3n) is 5.30. The second-order valence-corrected chi connectivity index (χ2v) is 7.50. The molecule has 0 spiro atoms. The molecule has 1 fully saturated rings. The Hall–Kier alpha value is -3.52. The summed E-state index contributed by atoms with van der Waals surface area (Å²) in [6, 6.07) is 17.5. The number of para-hydroxylation sites is 1. The number of alkyl halides is 2. The normalized spacial score (nSPS) is 14.4. The fourth-order valence-corrected chi connectivity index (χ4v) is 3.68. The zero-order chi connectivity index (χ0) is 22.3. The van der Waals surface area contributed by atoms with E-state index in [0.29, 0.717) is 30.0 Å². The molecule has 1 N–H and O–H groups in total. The van der Waals surface area contributed by atoms with E-state index in [1.807, 2.05) is 35.4 Å². The second kappa shape index (κ2) is 10.2. The number of amides is 1. The van der Waals surface area contributed by atoms with Crippen LogP contribution in [0, 0.1) is 0 Å². The van der Waals surface area contributed by atoms with Crippen molar-refractivity contribution in [2.75, 3.05) is 31.5 Å². The van der Waals surface area contributed by atoms with Gasteiger partial charge in [0.25, 0.3) is 5.91 Å². The molecule has 32 heavy (non-hydrogen) atoms. The van der Waals surface area contributed by atoms with Gasteiger partial charge in [0.05, 0.1) is 11.3 Å². The van der Waals surface area contributed by atoms with Gasteiger partial charge in [-0.05, 0) is 48.0 Å². The molecule has 0 atom stereocenters. The third-order valence-corrected chi connectivity index (χ3v) is 5.30. The van der Waals surface area contributed by atoms with Gasteiger partial charge in [-0.3, -0.25) is 14.7 Å². The number of nitrogens with zero attached hydrogens (tertiary/aromatic N) is 3. The van der Waals surface area contributed by atoms with Gasteiger partial charge in [-0.1, -0.05) is 18.2 Å². The summed E-state index contributed by atoms with van der Waals surface area (Å²) in [7, 11) is 0. The molecule has 1 amide bonds. The first-order chi connectivity index (χ1) is 15.6. The van der Waals surface area contributed by atoms with Gasteiger partial charge in [0, 0.05) is 50.8 Å². The molecule has 0 aliphatic carbocycles. The summed E-state index contributed by atoms with van der Waals surface area (Å²) in [5.74, 6) is 0.0471. The molecular weight excluding hydrogens is 414 g/mol. The number of halogens is 2. The number of piperazine rings is 1. The van der Waals surface area contributed by atoms with Crippen molar-refractivity contribution in [2.45, 2.75) is 13.2 Å². The predicted molar refractivity (Wildman–Crippen MR) is 118 cm³/mol. The van der Waals surface area contributed by atoms with Crippen LogP contribution in [-0.2, 0) is 6.54 Å². The number of hydrogen-bond acceptors (Lipinski definition) is 5. The fraction of sp³-hybridized carbons (Fsp3) is 0.250. The summed E-state index contributed by atoms with van der Waals surface area (Å²) in [6.07, 6.45) is 3.63. The Bertz CT molecular complexity index is 1020. The first-order valence-corrected chi connectivity index (χ1v) is 10.4. The number of carbonyl (C=O) groups excluding carboxylic acids is 1. The minimum Gasteiger partial charge on any atom is -0.435 e. The summed E-state index contributed by atoms with van der Waals surface area (Å²) in [5.41, 5.74) is 3.07. The van der Waals surface area contributed by atoms with Crippen molar-refractivity contribution in [3.8, 4) is 5.75 Å². The Morgan fingerprint density at radius 3 is 2.44 bits per heavy atom. The van der Waals surface area contributed by atoms with Crippen molar-refractivity contribution in [1.29, 1.82) is 0 Å². The van der Waals surface area contributed by atoms with Crippen LogP contribution in [0.3, 0.4) is 0 Å². The van der Waals surface area contributed by atoms with E-state index in [4.69, 9.17) is 0 Å². The fourth-order valence-electron chi connectivity index (χ4n) is 3.68. The quantitative estimate of drug-likeness (QED) is 0.593. The van der Waals surface area contributed by atoms with E-state index >= 15 is 0 Å². The monoisotopic (exact) mass is 438 g/mol. The van der Waals surface area contributed by atoms with Crippen molar-refractivity contribution < 1.29 is 18.3 Å². The number of benzene rings is 2. The van der Waals surface area contributed by atoms with Gasteiger partial charge in [0.2, 0.25) is 0 Å². The molecule has 6 nitrogen and oxygen atoms in total. The zero-order valence-corrected chi connectivity index (χ0v) is 17.5. The maximum absolute atomic E-state index is 13.2. The number of aromatic nitrogens is 1. The number of rotatable bonds is 7. The highest BCUT2D eigenvalue weighted by Gasteiger charge is 2.24. The van der Waals surface area contributed by atoms with Crippen LogP contribution >= 0.6 is 0 Å². The molecule has 1 aliphatic heterocycles. The Kier molecular flexibility index (Phi) is 6.91. The molecule has 1 aliphatic rings. The van der Waals surface area contributed by atoms with Crippen LogP contribution in [0.1, 0.15) is 15.9 Å². The summed E-state index contributed by atoms with van der Waals surface area (Å²) in [5, 5.41) is 3.21. The van der Waals surface area contributed by atoms with E-state index in [-0.39, 0.29) is 11.7 Å². The van der Waals surface area contributed by atoms with Crippen LogP contribution in [0.2, 0.25) is 0 Å². The van der Waals surface area contributed by atoms with E-state index in [1.165, 1.54) is 12.1 Å². The summed E-state index contributed by atoms with van der Waals surface area (Å²) in [6.45, 7) is 0.834. The molecule has 1 aromatic heterocycles. The van der Waals surface area contributed by atoms with E-state index in [0.717, 1.165) is 25.2 Å². The van der Waals surface area contributed by atoms with Crippen molar-refractivity contribution in [3.05, 3.63) is 84.2 Å². The number of carbonyl (C=O) groups is 1. The highest BCUT2D eigenvalue weighted by atomic mass is 19.3. The molecule has 8 heteroatoms. The maximum atomic E-state index is 13.2. The Labute approximate surface area is 185 Å². The first kappa shape index (κ1) is 21.7. The third kappa shape index (κ3) is 5.59. The van der Waals surface area contributed by atoms with E-state index in [9.17, 15) is 13.6 Å². The Balaban J connectivity index is 1.38. The van der Waals surface area contributed by atoms with Crippen LogP contribution in [0.15, 0.2) is 73.1 Å². The largest absolute Gasteiger partial charge is 0.435 e. The number of hydrogen-bond donors (Lipinski definition) is 1. The molecule has 4 rings (SSSR count). The minimum atomic E-state index is -2.86. The lowest BCUT2D eigenvalue weighted by molar-refractivity contribution is -0.0498. The lowest BCUT2D eigenvalue weighted by Crippen LogP contribution is -2.48. The van der Waals surface area contributed by atoms with Gasteiger partial charge in [-0.2, -0.15) is 8.78 Å².